The van der Waals surface area contributed by atoms with Crippen LogP contribution in [0, 0.1) is 5.92 Å². The van der Waals surface area contributed by atoms with Crippen LogP contribution in [0.1, 0.15) is 12.5 Å². The quantitative estimate of drug-likeness (QED) is 0.723. The van der Waals surface area contributed by atoms with E-state index in [1.165, 1.54) is 4.68 Å². The van der Waals surface area contributed by atoms with Gasteiger partial charge in [0.2, 0.25) is 5.91 Å². The number of carbonyl (C=O) groups is 2. The number of nitrogens with zero attached hydrogens (tertiary/aromatic N) is 2. The predicted molar refractivity (Wildman–Crippen MR) is 87.7 cm³/mol. The Bertz CT molecular complexity index is 653. The van der Waals surface area contributed by atoms with Gasteiger partial charge in [-0.2, -0.15) is 5.10 Å². The molecule has 1 unspecified atom stereocenters. The second-order valence-electron chi connectivity index (χ2n) is 5.32. The van der Waals surface area contributed by atoms with Crippen molar-refractivity contribution < 1.29 is 19.4 Å². The molecule has 0 fully saturated rings. The van der Waals surface area contributed by atoms with E-state index in [4.69, 9.17) is 4.74 Å². The van der Waals surface area contributed by atoms with Crippen molar-refractivity contribution in [1.82, 2.24) is 15.1 Å². The number of nitrogens with one attached hydrogen (secondary N) is 1. The van der Waals surface area contributed by atoms with Gasteiger partial charge in [0, 0.05) is 18.9 Å². The molecule has 7 nitrogen and oxygen atoms in total. The first-order valence-corrected chi connectivity index (χ1v) is 7.77. The molecule has 7 heteroatoms. The molecule has 0 aliphatic heterocycles. The lowest BCUT2D eigenvalue weighted by molar-refractivity contribution is -0.141. The van der Waals surface area contributed by atoms with Crippen molar-refractivity contribution in [3.8, 4) is 5.75 Å². The SMILES string of the molecule is CCOc1ccc(CC(CNC(=O)Cn2cccn2)C(=O)O)cc1. The number of rotatable bonds is 9. The summed E-state index contributed by atoms with van der Waals surface area (Å²) < 4.78 is 6.84. The minimum atomic E-state index is -0.941. The zero-order chi connectivity index (χ0) is 17.4. The predicted octanol–water partition coefficient (Wildman–Crippen LogP) is 1.34. The number of hydrogen-bond acceptors (Lipinski definition) is 4. The van der Waals surface area contributed by atoms with Crippen LogP contribution in [0.3, 0.4) is 0 Å². The normalized spacial score (nSPS) is 11.7. The molecule has 1 aromatic carbocycles. The van der Waals surface area contributed by atoms with Crippen LogP contribution in [0.4, 0.5) is 0 Å². The van der Waals surface area contributed by atoms with Crippen molar-refractivity contribution in [2.75, 3.05) is 13.2 Å². The average Bonchev–Trinajstić information content (AvgIpc) is 3.06. The molecule has 0 bridgehead atoms. The van der Waals surface area contributed by atoms with Crippen molar-refractivity contribution in [3.63, 3.8) is 0 Å². The van der Waals surface area contributed by atoms with Gasteiger partial charge in [0.05, 0.1) is 12.5 Å². The van der Waals surface area contributed by atoms with E-state index in [0.29, 0.717) is 13.0 Å². The first kappa shape index (κ1) is 17.5. The van der Waals surface area contributed by atoms with Gasteiger partial charge >= 0.3 is 5.97 Å². The highest BCUT2D eigenvalue weighted by molar-refractivity contribution is 5.77. The zero-order valence-corrected chi connectivity index (χ0v) is 13.5. The zero-order valence-electron chi connectivity index (χ0n) is 13.5. The number of carboxylic acids is 1. The molecule has 0 saturated carbocycles. The van der Waals surface area contributed by atoms with Gasteiger partial charge in [-0.25, -0.2) is 0 Å². The first-order chi connectivity index (χ1) is 11.6. The largest absolute Gasteiger partial charge is 0.494 e. The fraction of sp³-hybridized carbons (Fsp3) is 0.353. The molecule has 2 N–H and O–H groups in total. The summed E-state index contributed by atoms with van der Waals surface area (Å²) in [5.41, 5.74) is 0.882. The molecule has 24 heavy (non-hydrogen) atoms. The minimum absolute atomic E-state index is 0.0718. The number of amides is 1. The van der Waals surface area contributed by atoms with Gasteiger partial charge in [-0.15, -0.1) is 0 Å². The van der Waals surface area contributed by atoms with Crippen LogP contribution in [-0.4, -0.2) is 39.9 Å². The van der Waals surface area contributed by atoms with Gasteiger partial charge < -0.3 is 15.2 Å². The molecule has 0 radical (unpaired) electrons. The number of hydrogen-bond donors (Lipinski definition) is 2. The van der Waals surface area contributed by atoms with E-state index in [2.05, 4.69) is 10.4 Å². The fourth-order valence-electron chi connectivity index (χ4n) is 2.25. The molecular formula is C17H21N3O4. The lowest BCUT2D eigenvalue weighted by Gasteiger charge is -2.14. The van der Waals surface area contributed by atoms with E-state index in [9.17, 15) is 14.7 Å². The molecule has 2 rings (SSSR count). The monoisotopic (exact) mass is 331 g/mol. The number of carbonyl (C=O) groups excluding carboxylic acids is 1. The summed E-state index contributed by atoms with van der Waals surface area (Å²) in [4.78, 5) is 23.2. The molecule has 0 saturated heterocycles. The maximum atomic E-state index is 11.8. The number of carboxylic acid groups (broad SMARTS) is 1. The Morgan fingerprint density at radius 2 is 2.08 bits per heavy atom. The number of benzene rings is 1. The van der Waals surface area contributed by atoms with E-state index >= 15 is 0 Å². The van der Waals surface area contributed by atoms with Crippen LogP contribution < -0.4 is 10.1 Å². The summed E-state index contributed by atoms with van der Waals surface area (Å²) in [7, 11) is 0. The smallest absolute Gasteiger partial charge is 0.308 e. The molecule has 0 aliphatic rings. The third kappa shape index (κ3) is 5.42. The van der Waals surface area contributed by atoms with Crippen LogP contribution in [-0.2, 0) is 22.6 Å². The van der Waals surface area contributed by atoms with Crippen molar-refractivity contribution in [3.05, 3.63) is 48.3 Å². The topological polar surface area (TPSA) is 93.5 Å². The maximum Gasteiger partial charge on any atom is 0.308 e. The Kier molecular flexibility index (Phi) is 6.36. The molecule has 128 valence electrons. The summed E-state index contributed by atoms with van der Waals surface area (Å²) in [5, 5.41) is 15.9. The Hall–Kier alpha value is -2.83. The van der Waals surface area contributed by atoms with Crippen LogP contribution in [0.15, 0.2) is 42.7 Å². The highest BCUT2D eigenvalue weighted by atomic mass is 16.5. The first-order valence-electron chi connectivity index (χ1n) is 7.77. The van der Waals surface area contributed by atoms with E-state index in [1.807, 2.05) is 31.2 Å². The van der Waals surface area contributed by atoms with Gasteiger partial charge in [-0.1, -0.05) is 12.1 Å². The van der Waals surface area contributed by atoms with Gasteiger partial charge in [-0.3, -0.25) is 14.3 Å². The highest BCUT2D eigenvalue weighted by Crippen LogP contribution is 2.15. The van der Waals surface area contributed by atoms with E-state index in [0.717, 1.165) is 11.3 Å². The van der Waals surface area contributed by atoms with Gasteiger partial charge in [-0.05, 0) is 37.1 Å². The summed E-state index contributed by atoms with van der Waals surface area (Å²) in [6, 6.07) is 9.03. The molecule has 2 aromatic rings. The van der Waals surface area contributed by atoms with Crippen molar-refractivity contribution in [1.29, 1.82) is 0 Å². The number of aliphatic carboxylic acids is 1. The van der Waals surface area contributed by atoms with Crippen LogP contribution in [0.5, 0.6) is 5.75 Å². The summed E-state index contributed by atoms with van der Waals surface area (Å²) in [6.45, 7) is 2.63. The van der Waals surface area contributed by atoms with Crippen LogP contribution in [0.25, 0.3) is 0 Å². The van der Waals surface area contributed by atoms with Gasteiger partial charge in [0.25, 0.3) is 0 Å². The van der Waals surface area contributed by atoms with E-state index < -0.39 is 11.9 Å². The highest BCUT2D eigenvalue weighted by Gasteiger charge is 2.19. The minimum Gasteiger partial charge on any atom is -0.494 e. The Morgan fingerprint density at radius 3 is 2.67 bits per heavy atom. The third-order valence-corrected chi connectivity index (χ3v) is 3.48. The standard InChI is InChI=1S/C17H21N3O4/c1-2-24-15-6-4-13(5-7-15)10-14(17(22)23)11-18-16(21)12-20-9-3-8-19-20/h3-9,14H,2,10-12H2,1H3,(H,18,21)(H,22,23). The molecule has 1 aromatic heterocycles. The molecule has 1 atom stereocenters. The van der Waals surface area contributed by atoms with E-state index in [-0.39, 0.29) is 19.0 Å². The second-order valence-corrected chi connectivity index (χ2v) is 5.32. The van der Waals surface area contributed by atoms with Gasteiger partial charge in [0.15, 0.2) is 0 Å². The van der Waals surface area contributed by atoms with Crippen molar-refractivity contribution in [2.45, 2.75) is 19.9 Å². The van der Waals surface area contributed by atoms with Crippen LogP contribution in [0.2, 0.25) is 0 Å². The van der Waals surface area contributed by atoms with Gasteiger partial charge in [0.1, 0.15) is 12.3 Å². The molecule has 1 amide bonds. The summed E-state index contributed by atoms with van der Waals surface area (Å²) in [5.74, 6) is -1.15. The average molecular weight is 331 g/mol. The molecule has 0 spiro atoms. The fourth-order valence-corrected chi connectivity index (χ4v) is 2.25. The summed E-state index contributed by atoms with van der Waals surface area (Å²) >= 11 is 0. The maximum absolute atomic E-state index is 11.8. The Labute approximate surface area is 140 Å². The third-order valence-electron chi connectivity index (χ3n) is 3.48. The van der Waals surface area contributed by atoms with Crippen molar-refractivity contribution in [2.24, 2.45) is 5.92 Å². The van der Waals surface area contributed by atoms with Crippen molar-refractivity contribution >= 4 is 11.9 Å². The molecule has 1 heterocycles. The lowest BCUT2D eigenvalue weighted by atomic mass is 9.99. The second kappa shape index (κ2) is 8.71. The van der Waals surface area contributed by atoms with Crippen LogP contribution >= 0.6 is 0 Å². The lowest BCUT2D eigenvalue weighted by Crippen LogP contribution is -2.36. The Balaban J connectivity index is 1.87. The molecule has 0 aliphatic carbocycles. The summed E-state index contributed by atoms with van der Waals surface area (Å²) in [6.07, 6.45) is 3.59. The number of ether oxygens (including phenoxy) is 1. The van der Waals surface area contributed by atoms with E-state index in [1.54, 1.807) is 18.5 Å². The molecular weight excluding hydrogens is 310 g/mol. The number of aromatic nitrogens is 2. The Morgan fingerprint density at radius 1 is 1.33 bits per heavy atom.